The van der Waals surface area contributed by atoms with Crippen LogP contribution in [0.4, 0.5) is 0 Å². The normalized spacial score (nSPS) is 11.7. The van der Waals surface area contributed by atoms with Crippen molar-refractivity contribution in [2.24, 2.45) is 0 Å². The molecule has 0 saturated heterocycles. The van der Waals surface area contributed by atoms with E-state index in [0.717, 1.165) is 5.56 Å². The van der Waals surface area contributed by atoms with Gasteiger partial charge < -0.3 is 14.6 Å². The third-order valence-electron chi connectivity index (χ3n) is 3.92. The Balaban J connectivity index is 1.71. The summed E-state index contributed by atoms with van der Waals surface area (Å²) in [6.07, 6.45) is 1.59. The number of hydrogen-bond acceptors (Lipinski definition) is 4. The van der Waals surface area contributed by atoms with Gasteiger partial charge in [-0.3, -0.25) is 9.59 Å². The van der Waals surface area contributed by atoms with Gasteiger partial charge in [0, 0.05) is 6.54 Å². The maximum atomic E-state index is 13.0. The lowest BCUT2D eigenvalue weighted by Gasteiger charge is -2.25. The van der Waals surface area contributed by atoms with Gasteiger partial charge in [0.1, 0.15) is 11.8 Å². The summed E-state index contributed by atoms with van der Waals surface area (Å²) < 4.78 is 5.39. The number of thiophene rings is 1. The predicted molar refractivity (Wildman–Crippen MR) is 101 cm³/mol. The van der Waals surface area contributed by atoms with Crippen LogP contribution in [0.5, 0.6) is 0 Å². The molecule has 0 bridgehead atoms. The lowest BCUT2D eigenvalue weighted by molar-refractivity contribution is -0.134. The third-order valence-corrected chi connectivity index (χ3v) is 4.79. The zero-order chi connectivity index (χ0) is 18.4. The fraction of sp³-hybridized carbons (Fsp3) is 0.200. The van der Waals surface area contributed by atoms with Crippen molar-refractivity contribution in [1.82, 2.24) is 10.2 Å². The van der Waals surface area contributed by atoms with Crippen molar-refractivity contribution >= 4 is 23.2 Å². The molecule has 0 aliphatic rings. The molecular weight excluding hydrogens is 348 g/mol. The van der Waals surface area contributed by atoms with Gasteiger partial charge in [-0.2, -0.15) is 0 Å². The van der Waals surface area contributed by atoms with Gasteiger partial charge in [-0.05, 0) is 36.1 Å². The molecule has 0 spiro atoms. The minimum absolute atomic E-state index is 0.157. The summed E-state index contributed by atoms with van der Waals surface area (Å²) in [5.41, 5.74) is 1.02. The van der Waals surface area contributed by atoms with E-state index in [4.69, 9.17) is 4.42 Å². The van der Waals surface area contributed by atoms with Crippen molar-refractivity contribution in [2.45, 2.75) is 26.1 Å². The molecular formula is C20H20N2O3S. The second-order valence-electron chi connectivity index (χ2n) is 5.93. The quantitative estimate of drug-likeness (QED) is 0.692. The Kier molecular flexibility index (Phi) is 5.86. The molecule has 0 aliphatic carbocycles. The van der Waals surface area contributed by atoms with Gasteiger partial charge in [0.15, 0.2) is 0 Å². The average Bonchev–Trinajstić information content (AvgIpc) is 3.35. The maximum Gasteiger partial charge on any atom is 0.261 e. The number of nitrogens with one attached hydrogen (secondary N) is 1. The number of hydrogen-bond donors (Lipinski definition) is 1. The molecule has 1 aromatic carbocycles. The number of benzene rings is 1. The average molecular weight is 368 g/mol. The van der Waals surface area contributed by atoms with Gasteiger partial charge in [-0.15, -0.1) is 11.3 Å². The molecule has 1 N–H and O–H groups in total. The van der Waals surface area contributed by atoms with Crippen LogP contribution in [-0.4, -0.2) is 22.8 Å². The Morgan fingerprint density at radius 2 is 1.88 bits per heavy atom. The van der Waals surface area contributed by atoms with Crippen LogP contribution in [0.25, 0.3) is 0 Å². The first-order valence-corrected chi connectivity index (χ1v) is 9.21. The molecule has 0 fully saturated rings. The zero-order valence-corrected chi connectivity index (χ0v) is 15.2. The van der Waals surface area contributed by atoms with Crippen molar-refractivity contribution in [3.8, 4) is 0 Å². The minimum atomic E-state index is -0.636. The van der Waals surface area contributed by atoms with Gasteiger partial charge in [0.2, 0.25) is 5.91 Å². The van der Waals surface area contributed by atoms with Crippen LogP contribution >= 0.6 is 11.3 Å². The van der Waals surface area contributed by atoms with E-state index < -0.39 is 6.04 Å². The fourth-order valence-electron chi connectivity index (χ4n) is 2.62. The van der Waals surface area contributed by atoms with Gasteiger partial charge in [-0.25, -0.2) is 0 Å². The molecule has 6 heteroatoms. The Labute approximate surface area is 156 Å². The minimum Gasteiger partial charge on any atom is -0.467 e. The van der Waals surface area contributed by atoms with E-state index in [0.29, 0.717) is 23.7 Å². The molecule has 2 aromatic heterocycles. The zero-order valence-electron chi connectivity index (χ0n) is 14.4. The van der Waals surface area contributed by atoms with Crippen molar-refractivity contribution in [3.63, 3.8) is 0 Å². The van der Waals surface area contributed by atoms with Crippen LogP contribution in [0, 0.1) is 0 Å². The lowest BCUT2D eigenvalue weighted by Crippen LogP contribution is -2.46. The lowest BCUT2D eigenvalue weighted by atomic mass is 10.2. The summed E-state index contributed by atoms with van der Waals surface area (Å²) in [6.45, 7) is 2.49. The van der Waals surface area contributed by atoms with Crippen molar-refractivity contribution < 1.29 is 14.0 Å². The highest BCUT2D eigenvalue weighted by Crippen LogP contribution is 2.13. The van der Waals surface area contributed by atoms with Gasteiger partial charge in [-0.1, -0.05) is 36.4 Å². The molecule has 0 aliphatic heterocycles. The second-order valence-corrected chi connectivity index (χ2v) is 6.88. The number of carbonyl (C=O) groups excluding carboxylic acids is 2. The molecule has 1 atom stereocenters. The molecule has 3 aromatic rings. The number of carbonyl (C=O) groups is 2. The monoisotopic (exact) mass is 368 g/mol. The van der Waals surface area contributed by atoms with Crippen LogP contribution in [0.15, 0.2) is 70.7 Å². The summed E-state index contributed by atoms with van der Waals surface area (Å²) >= 11 is 1.35. The maximum absolute atomic E-state index is 13.0. The molecule has 2 amide bonds. The summed E-state index contributed by atoms with van der Waals surface area (Å²) in [6, 6.07) is 16.3. The largest absolute Gasteiger partial charge is 0.467 e. The van der Waals surface area contributed by atoms with E-state index in [9.17, 15) is 9.59 Å². The van der Waals surface area contributed by atoms with Crippen LogP contribution in [-0.2, 0) is 17.9 Å². The number of amides is 2. The summed E-state index contributed by atoms with van der Waals surface area (Å²) in [4.78, 5) is 27.5. The van der Waals surface area contributed by atoms with Crippen LogP contribution in [0.3, 0.4) is 0 Å². The Hall–Kier alpha value is -2.86. The van der Waals surface area contributed by atoms with E-state index in [-0.39, 0.29) is 11.8 Å². The standard InChI is InChI=1S/C20H20N2O3S/c1-15(21-19(23)18-10-6-12-26-18)20(24)22(14-17-9-5-11-25-17)13-16-7-3-2-4-8-16/h2-12,15H,13-14H2,1H3,(H,21,23). The van der Waals surface area contributed by atoms with Gasteiger partial charge in [0.05, 0.1) is 17.7 Å². The molecule has 2 heterocycles. The highest BCUT2D eigenvalue weighted by Gasteiger charge is 2.24. The first-order chi connectivity index (χ1) is 12.6. The summed E-state index contributed by atoms with van der Waals surface area (Å²) in [5, 5.41) is 4.61. The Bertz CT molecular complexity index is 829. The first-order valence-electron chi connectivity index (χ1n) is 8.33. The molecule has 1 unspecified atom stereocenters. The fourth-order valence-corrected chi connectivity index (χ4v) is 3.24. The highest BCUT2D eigenvalue weighted by molar-refractivity contribution is 7.12. The van der Waals surface area contributed by atoms with E-state index >= 15 is 0 Å². The topological polar surface area (TPSA) is 62.6 Å². The van der Waals surface area contributed by atoms with Crippen molar-refractivity contribution in [1.29, 1.82) is 0 Å². The number of rotatable bonds is 7. The summed E-state index contributed by atoms with van der Waals surface area (Å²) in [5.74, 6) is 0.305. The molecule has 5 nitrogen and oxygen atoms in total. The molecule has 3 rings (SSSR count). The van der Waals surface area contributed by atoms with Gasteiger partial charge >= 0.3 is 0 Å². The highest BCUT2D eigenvalue weighted by atomic mass is 32.1. The number of nitrogens with zero attached hydrogens (tertiary/aromatic N) is 1. The third kappa shape index (κ3) is 4.61. The molecule has 26 heavy (non-hydrogen) atoms. The first kappa shape index (κ1) is 17.9. The van der Waals surface area contributed by atoms with E-state index in [1.165, 1.54) is 11.3 Å². The van der Waals surface area contributed by atoms with E-state index in [1.54, 1.807) is 30.2 Å². The Morgan fingerprint density at radius 3 is 2.54 bits per heavy atom. The summed E-state index contributed by atoms with van der Waals surface area (Å²) in [7, 11) is 0. The smallest absolute Gasteiger partial charge is 0.261 e. The van der Waals surface area contributed by atoms with Gasteiger partial charge in [0.25, 0.3) is 5.91 Å². The van der Waals surface area contributed by atoms with Crippen molar-refractivity contribution in [3.05, 3.63) is 82.4 Å². The molecule has 134 valence electrons. The van der Waals surface area contributed by atoms with Crippen molar-refractivity contribution in [2.75, 3.05) is 0 Å². The molecule has 0 radical (unpaired) electrons. The van der Waals surface area contributed by atoms with E-state index in [2.05, 4.69) is 5.32 Å². The molecule has 0 saturated carbocycles. The number of furan rings is 1. The second kappa shape index (κ2) is 8.49. The van der Waals surface area contributed by atoms with E-state index in [1.807, 2.05) is 47.8 Å². The SMILES string of the molecule is CC(NC(=O)c1cccs1)C(=O)N(Cc1ccccc1)Cc1ccco1. The predicted octanol–water partition coefficient (Wildman–Crippen LogP) is 3.69. The van der Waals surface area contributed by atoms with Crippen LogP contribution in [0.1, 0.15) is 27.9 Å². The Morgan fingerprint density at radius 1 is 1.08 bits per heavy atom. The van der Waals surface area contributed by atoms with Crippen LogP contribution in [0.2, 0.25) is 0 Å². The van der Waals surface area contributed by atoms with Crippen LogP contribution < -0.4 is 5.32 Å².